The molecule has 0 radical (unpaired) electrons. The summed E-state index contributed by atoms with van der Waals surface area (Å²) in [4.78, 5) is 19.0. The van der Waals surface area contributed by atoms with Gasteiger partial charge < -0.3 is 11.1 Å². The van der Waals surface area contributed by atoms with E-state index in [1.807, 2.05) is 18.4 Å². The molecule has 0 atom stereocenters. The maximum atomic E-state index is 10.9. The van der Waals surface area contributed by atoms with E-state index in [1.165, 1.54) is 23.5 Å². The second kappa shape index (κ2) is 6.01. The first-order chi connectivity index (χ1) is 11.0. The van der Waals surface area contributed by atoms with Gasteiger partial charge in [0, 0.05) is 29.3 Å². The van der Waals surface area contributed by atoms with Crippen molar-refractivity contribution in [2.45, 2.75) is 6.92 Å². The minimum atomic E-state index is -0.419. The van der Waals surface area contributed by atoms with Crippen molar-refractivity contribution in [2.75, 3.05) is 11.1 Å². The van der Waals surface area contributed by atoms with E-state index in [4.69, 9.17) is 5.73 Å². The van der Waals surface area contributed by atoms with E-state index in [9.17, 15) is 10.1 Å². The van der Waals surface area contributed by atoms with Crippen molar-refractivity contribution in [2.24, 2.45) is 0 Å². The van der Waals surface area contributed by atoms with Crippen LogP contribution in [0.3, 0.4) is 0 Å². The molecule has 0 saturated heterocycles. The normalized spacial score (nSPS) is 10.5. The minimum Gasteiger partial charge on any atom is -0.384 e. The Hall–Kier alpha value is -3.00. The average molecular weight is 327 g/mol. The third-order valence-corrected chi connectivity index (χ3v) is 4.02. The third-order valence-electron chi connectivity index (χ3n) is 3.26. The Labute approximate surface area is 136 Å². The zero-order valence-electron chi connectivity index (χ0n) is 12.2. The standard InChI is InChI=1S/C15H13N5O2S/c1-9-2-4-11(20(21)22)6-12(9)18-15-19-13(8-23-15)10-3-5-14(16)17-7-10/h2-8H,1H3,(H2,16,17)(H,18,19). The van der Waals surface area contributed by atoms with E-state index in [-0.39, 0.29) is 5.69 Å². The van der Waals surface area contributed by atoms with Crippen LogP contribution in [-0.4, -0.2) is 14.9 Å². The summed E-state index contributed by atoms with van der Waals surface area (Å²) in [6.45, 7) is 1.88. The Morgan fingerprint density at radius 2 is 2.13 bits per heavy atom. The van der Waals surface area contributed by atoms with Gasteiger partial charge in [0.2, 0.25) is 0 Å². The second-order valence-electron chi connectivity index (χ2n) is 4.89. The van der Waals surface area contributed by atoms with E-state index in [0.717, 1.165) is 16.8 Å². The number of aromatic nitrogens is 2. The van der Waals surface area contributed by atoms with Crippen molar-refractivity contribution in [1.29, 1.82) is 0 Å². The topological polar surface area (TPSA) is 107 Å². The lowest BCUT2D eigenvalue weighted by atomic mass is 10.2. The van der Waals surface area contributed by atoms with Crippen molar-refractivity contribution in [3.05, 3.63) is 57.6 Å². The number of anilines is 3. The first kappa shape index (κ1) is 14.9. The first-order valence-electron chi connectivity index (χ1n) is 6.72. The van der Waals surface area contributed by atoms with Crippen LogP contribution in [0.5, 0.6) is 0 Å². The van der Waals surface area contributed by atoms with Gasteiger partial charge >= 0.3 is 0 Å². The predicted molar refractivity (Wildman–Crippen MR) is 90.9 cm³/mol. The molecular weight excluding hydrogens is 314 g/mol. The summed E-state index contributed by atoms with van der Waals surface area (Å²) >= 11 is 1.42. The van der Waals surface area contributed by atoms with Crippen molar-refractivity contribution >= 4 is 33.7 Å². The summed E-state index contributed by atoms with van der Waals surface area (Å²) in [6.07, 6.45) is 1.66. The fourth-order valence-corrected chi connectivity index (χ4v) is 2.73. The highest BCUT2D eigenvalue weighted by molar-refractivity contribution is 7.14. The van der Waals surface area contributed by atoms with E-state index in [0.29, 0.717) is 16.6 Å². The number of hydrogen-bond acceptors (Lipinski definition) is 7. The van der Waals surface area contributed by atoms with Gasteiger partial charge in [0.05, 0.1) is 16.3 Å². The summed E-state index contributed by atoms with van der Waals surface area (Å²) in [7, 11) is 0. The van der Waals surface area contributed by atoms with E-state index < -0.39 is 4.92 Å². The van der Waals surface area contributed by atoms with Crippen LogP contribution in [0.25, 0.3) is 11.3 Å². The number of nitro groups is 1. The summed E-state index contributed by atoms with van der Waals surface area (Å²) in [5, 5.41) is 16.6. The van der Waals surface area contributed by atoms with Gasteiger partial charge in [0.15, 0.2) is 5.13 Å². The number of nitrogen functional groups attached to an aromatic ring is 1. The minimum absolute atomic E-state index is 0.0395. The summed E-state index contributed by atoms with van der Waals surface area (Å²) in [5.41, 5.74) is 8.81. The van der Waals surface area contributed by atoms with Gasteiger partial charge in [-0.2, -0.15) is 0 Å². The molecule has 7 nitrogen and oxygen atoms in total. The zero-order valence-corrected chi connectivity index (χ0v) is 13.0. The molecule has 0 unspecified atom stereocenters. The molecule has 23 heavy (non-hydrogen) atoms. The molecular formula is C15H13N5O2S. The molecule has 0 saturated carbocycles. The summed E-state index contributed by atoms with van der Waals surface area (Å²) < 4.78 is 0. The summed E-state index contributed by atoms with van der Waals surface area (Å²) in [5.74, 6) is 0.453. The highest BCUT2D eigenvalue weighted by atomic mass is 32.1. The highest BCUT2D eigenvalue weighted by Crippen LogP contribution is 2.29. The van der Waals surface area contributed by atoms with Gasteiger partial charge in [0.25, 0.3) is 5.69 Å². The number of benzene rings is 1. The van der Waals surface area contributed by atoms with E-state index in [2.05, 4.69) is 15.3 Å². The van der Waals surface area contributed by atoms with Crippen LogP contribution in [0.1, 0.15) is 5.56 Å². The molecule has 0 aliphatic rings. The SMILES string of the molecule is Cc1ccc([N+](=O)[O-])cc1Nc1nc(-c2ccc(N)nc2)cs1. The maximum absolute atomic E-state index is 10.9. The number of nitrogens with two attached hydrogens (primary N) is 1. The van der Waals surface area contributed by atoms with Crippen molar-refractivity contribution in [3.63, 3.8) is 0 Å². The van der Waals surface area contributed by atoms with E-state index in [1.54, 1.807) is 18.3 Å². The molecule has 0 bridgehead atoms. The predicted octanol–water partition coefficient (Wildman–Crippen LogP) is 3.75. The van der Waals surface area contributed by atoms with Crippen LogP contribution >= 0.6 is 11.3 Å². The highest BCUT2D eigenvalue weighted by Gasteiger charge is 2.11. The molecule has 2 heterocycles. The number of nitro benzene ring substituents is 1. The second-order valence-corrected chi connectivity index (χ2v) is 5.75. The van der Waals surface area contributed by atoms with Gasteiger partial charge in [-0.1, -0.05) is 6.07 Å². The van der Waals surface area contributed by atoms with Gasteiger partial charge in [-0.15, -0.1) is 11.3 Å². The number of hydrogen-bond donors (Lipinski definition) is 2. The molecule has 3 aromatic rings. The number of nitrogens with one attached hydrogen (secondary N) is 1. The van der Waals surface area contributed by atoms with Crippen LogP contribution in [0.4, 0.5) is 22.3 Å². The molecule has 0 amide bonds. The van der Waals surface area contributed by atoms with Gasteiger partial charge in [-0.05, 0) is 24.6 Å². The maximum Gasteiger partial charge on any atom is 0.271 e. The van der Waals surface area contributed by atoms with Crippen LogP contribution in [-0.2, 0) is 0 Å². The van der Waals surface area contributed by atoms with Crippen LogP contribution in [0.2, 0.25) is 0 Å². The van der Waals surface area contributed by atoms with Gasteiger partial charge in [0.1, 0.15) is 5.82 Å². The fraction of sp³-hybridized carbons (Fsp3) is 0.0667. The van der Waals surface area contributed by atoms with Crippen molar-refractivity contribution in [3.8, 4) is 11.3 Å². The molecule has 1 aromatic carbocycles. The van der Waals surface area contributed by atoms with Crippen LogP contribution in [0, 0.1) is 17.0 Å². The molecule has 116 valence electrons. The Morgan fingerprint density at radius 1 is 1.30 bits per heavy atom. The lowest BCUT2D eigenvalue weighted by Crippen LogP contribution is -1.95. The van der Waals surface area contributed by atoms with Gasteiger partial charge in [-0.3, -0.25) is 10.1 Å². The molecule has 2 aromatic heterocycles. The Kier molecular flexibility index (Phi) is 3.90. The Morgan fingerprint density at radius 3 is 2.83 bits per heavy atom. The largest absolute Gasteiger partial charge is 0.384 e. The first-order valence-corrected chi connectivity index (χ1v) is 7.60. The lowest BCUT2D eigenvalue weighted by molar-refractivity contribution is -0.384. The van der Waals surface area contributed by atoms with Crippen LogP contribution < -0.4 is 11.1 Å². The number of nitrogens with zero attached hydrogens (tertiary/aromatic N) is 3. The van der Waals surface area contributed by atoms with Crippen molar-refractivity contribution in [1.82, 2.24) is 9.97 Å². The number of pyridine rings is 1. The zero-order chi connectivity index (χ0) is 16.4. The monoisotopic (exact) mass is 327 g/mol. The Balaban J connectivity index is 1.86. The molecule has 0 aliphatic carbocycles. The number of thiazole rings is 1. The number of aryl methyl sites for hydroxylation is 1. The molecule has 0 spiro atoms. The molecule has 3 rings (SSSR count). The van der Waals surface area contributed by atoms with E-state index >= 15 is 0 Å². The molecule has 3 N–H and O–H groups in total. The molecule has 0 fully saturated rings. The number of rotatable bonds is 4. The third kappa shape index (κ3) is 3.27. The average Bonchev–Trinajstić information content (AvgIpc) is 2.98. The lowest BCUT2D eigenvalue weighted by Gasteiger charge is -2.06. The molecule has 8 heteroatoms. The fourth-order valence-electron chi connectivity index (χ4n) is 1.99. The molecule has 0 aliphatic heterocycles. The number of non-ortho nitro benzene ring substituents is 1. The Bertz CT molecular complexity index is 861. The summed E-state index contributed by atoms with van der Waals surface area (Å²) in [6, 6.07) is 8.25. The van der Waals surface area contributed by atoms with Crippen molar-refractivity contribution < 1.29 is 4.92 Å². The quantitative estimate of drug-likeness (QED) is 0.558. The van der Waals surface area contributed by atoms with Gasteiger partial charge in [-0.25, -0.2) is 9.97 Å². The van der Waals surface area contributed by atoms with Crippen LogP contribution in [0.15, 0.2) is 41.9 Å². The smallest absolute Gasteiger partial charge is 0.271 e.